The largest absolute Gasteiger partial charge is 0.481 e. The van der Waals surface area contributed by atoms with Crippen molar-refractivity contribution in [3.05, 3.63) is 41.2 Å². The summed E-state index contributed by atoms with van der Waals surface area (Å²) in [6.45, 7) is 10.1. The molecule has 0 radical (unpaired) electrons. The second-order valence-corrected chi connectivity index (χ2v) is 15.1. The molecule has 1 aromatic rings. The summed E-state index contributed by atoms with van der Waals surface area (Å²) in [4.78, 5) is 34.3. The van der Waals surface area contributed by atoms with E-state index in [4.69, 9.17) is 4.74 Å². The van der Waals surface area contributed by atoms with E-state index in [1.807, 2.05) is 18.2 Å². The minimum absolute atomic E-state index is 0.00495. The van der Waals surface area contributed by atoms with Gasteiger partial charge in [-0.2, -0.15) is 0 Å². The topological polar surface area (TPSA) is 100.0 Å². The Morgan fingerprint density at radius 3 is 2.67 bits per heavy atom. The SMILES string of the molecule is CCCCC1CC(C23C[C@@H]4[C@H](C)CC[C@H]4C4(C=O)CC2C=C(C(C)C)C34C(=O)O)OC1CN(C)Cc1cccc(CO)n1. The van der Waals surface area contributed by atoms with Gasteiger partial charge in [0.15, 0.2) is 0 Å². The maximum absolute atomic E-state index is 14.0. The number of carbonyl (C=O) groups excluding carboxylic acids is 1. The number of likely N-dealkylation sites (N-methyl/N-ethyl adjacent to an activating group) is 1. The van der Waals surface area contributed by atoms with Crippen molar-refractivity contribution in [1.82, 2.24) is 9.88 Å². The second kappa shape index (κ2) is 11.4. The third-order valence-corrected chi connectivity index (χ3v) is 12.8. The van der Waals surface area contributed by atoms with Crippen LogP contribution in [0.1, 0.15) is 90.4 Å². The number of carbonyl (C=O) groups is 2. The van der Waals surface area contributed by atoms with Crippen LogP contribution in [-0.2, 0) is 27.5 Å². The number of rotatable bonds is 12. The van der Waals surface area contributed by atoms with Crippen LogP contribution in [-0.4, -0.2) is 58.2 Å². The van der Waals surface area contributed by atoms with Crippen LogP contribution in [0, 0.1) is 51.8 Å². The minimum Gasteiger partial charge on any atom is -0.481 e. The zero-order valence-corrected chi connectivity index (χ0v) is 26.8. The van der Waals surface area contributed by atoms with Crippen molar-refractivity contribution in [2.24, 2.45) is 51.8 Å². The van der Waals surface area contributed by atoms with Crippen molar-refractivity contribution < 1.29 is 24.5 Å². The zero-order valence-electron chi connectivity index (χ0n) is 26.8. The van der Waals surface area contributed by atoms with Crippen molar-refractivity contribution in [3.63, 3.8) is 0 Å². The monoisotopic (exact) mass is 592 g/mol. The highest BCUT2D eigenvalue weighted by Gasteiger charge is 2.86. The van der Waals surface area contributed by atoms with E-state index in [-0.39, 0.29) is 36.6 Å². The molecule has 0 aromatic carbocycles. The number of pyridine rings is 1. The van der Waals surface area contributed by atoms with Crippen LogP contribution in [0.2, 0.25) is 0 Å². The molecule has 4 bridgehead atoms. The number of aliphatic carboxylic acids is 1. The fourth-order valence-electron chi connectivity index (χ4n) is 11.3. The van der Waals surface area contributed by atoms with Crippen molar-refractivity contribution in [2.75, 3.05) is 13.6 Å². The van der Waals surface area contributed by atoms with Crippen LogP contribution in [0.25, 0.3) is 0 Å². The number of aliphatic hydroxyl groups is 1. The molecule has 10 atom stereocenters. The van der Waals surface area contributed by atoms with E-state index in [1.165, 1.54) is 0 Å². The van der Waals surface area contributed by atoms with Gasteiger partial charge in [-0.25, -0.2) is 0 Å². The van der Waals surface area contributed by atoms with Crippen LogP contribution < -0.4 is 0 Å². The molecule has 7 heteroatoms. The fourth-order valence-corrected chi connectivity index (χ4v) is 11.3. The van der Waals surface area contributed by atoms with Gasteiger partial charge in [0, 0.05) is 18.5 Å². The van der Waals surface area contributed by atoms with Crippen LogP contribution >= 0.6 is 0 Å². The Hall–Kier alpha value is -2.09. The molecule has 5 aliphatic rings. The quantitative estimate of drug-likeness (QED) is 0.230. The summed E-state index contributed by atoms with van der Waals surface area (Å²) in [7, 11) is 2.10. The van der Waals surface area contributed by atoms with E-state index < -0.39 is 22.2 Å². The van der Waals surface area contributed by atoms with E-state index in [9.17, 15) is 19.8 Å². The Kier molecular flexibility index (Phi) is 8.17. The predicted molar refractivity (Wildman–Crippen MR) is 165 cm³/mol. The average molecular weight is 593 g/mol. The third kappa shape index (κ3) is 4.27. The first-order chi connectivity index (χ1) is 20.6. The lowest BCUT2D eigenvalue weighted by Crippen LogP contribution is -2.65. The van der Waals surface area contributed by atoms with Gasteiger partial charge in [0.05, 0.1) is 35.6 Å². The van der Waals surface area contributed by atoms with E-state index in [0.29, 0.717) is 36.4 Å². The smallest absolute Gasteiger partial charge is 0.315 e. The number of aromatic nitrogens is 1. The summed E-state index contributed by atoms with van der Waals surface area (Å²) in [5.74, 6) is 0.679. The number of aliphatic hydroxyl groups excluding tert-OH is 1. The van der Waals surface area contributed by atoms with Gasteiger partial charge in [-0.15, -0.1) is 0 Å². The molecule has 2 heterocycles. The summed E-state index contributed by atoms with van der Waals surface area (Å²) < 4.78 is 7.23. The number of nitrogens with zero attached hydrogens (tertiary/aromatic N) is 2. The number of hydrogen-bond acceptors (Lipinski definition) is 6. The van der Waals surface area contributed by atoms with Crippen LogP contribution in [0.5, 0.6) is 0 Å². The van der Waals surface area contributed by atoms with E-state index >= 15 is 0 Å². The molecule has 236 valence electrons. The summed E-state index contributed by atoms with van der Waals surface area (Å²) in [6.07, 6.45) is 10.9. The molecule has 7 nitrogen and oxygen atoms in total. The zero-order chi connectivity index (χ0) is 30.7. The molecule has 7 unspecified atom stereocenters. The highest BCUT2D eigenvalue weighted by Crippen LogP contribution is 2.84. The van der Waals surface area contributed by atoms with Crippen molar-refractivity contribution in [3.8, 4) is 0 Å². The molecule has 4 fully saturated rings. The standard InChI is InChI=1S/C36H52N2O5/c1-6-7-9-24-14-32(43-31(24)19-38(5)18-26-10-8-11-27(20-39)37-26)35-17-28-23(4)12-13-29(28)34(21-40)16-25(35)15-30(22(2)3)36(34,35)33(41)42/h8,10-11,15,21-25,28-29,31-32,39H,6-7,9,12-14,16-20H2,1-5H3,(H,41,42)/t23-,24?,25?,28-,29-,31?,32?,34?,35?,36?/m1/s1. The number of carboxylic acid groups (broad SMARTS) is 1. The van der Waals surface area contributed by atoms with Gasteiger partial charge in [0.2, 0.25) is 0 Å². The summed E-state index contributed by atoms with van der Waals surface area (Å²) in [5.41, 5.74) is -0.0598. The molecule has 1 aromatic heterocycles. The molecule has 43 heavy (non-hydrogen) atoms. The summed E-state index contributed by atoms with van der Waals surface area (Å²) in [6, 6.07) is 5.77. The lowest BCUT2D eigenvalue weighted by Gasteiger charge is -2.60. The first-order valence-electron chi connectivity index (χ1n) is 16.9. The molecular weight excluding hydrogens is 540 g/mol. The molecule has 0 amide bonds. The molecule has 1 aliphatic heterocycles. The molecule has 4 aliphatic carbocycles. The fraction of sp³-hybridized carbons (Fsp3) is 0.750. The molecule has 6 rings (SSSR count). The van der Waals surface area contributed by atoms with Crippen LogP contribution in [0.4, 0.5) is 0 Å². The summed E-state index contributed by atoms with van der Waals surface area (Å²) in [5, 5.41) is 21.0. The van der Waals surface area contributed by atoms with Gasteiger partial charge >= 0.3 is 5.97 Å². The van der Waals surface area contributed by atoms with E-state index in [0.717, 1.165) is 69.0 Å². The summed E-state index contributed by atoms with van der Waals surface area (Å²) >= 11 is 0. The number of carboxylic acids is 1. The first-order valence-corrected chi connectivity index (χ1v) is 16.9. The van der Waals surface area contributed by atoms with Crippen LogP contribution in [0.15, 0.2) is 29.8 Å². The third-order valence-electron chi connectivity index (χ3n) is 12.8. The Bertz CT molecular complexity index is 1260. The lowest BCUT2D eigenvalue weighted by atomic mass is 9.41. The van der Waals surface area contributed by atoms with Gasteiger partial charge < -0.3 is 19.7 Å². The Morgan fingerprint density at radius 1 is 1.23 bits per heavy atom. The molecule has 2 N–H and O–H groups in total. The van der Waals surface area contributed by atoms with Gasteiger partial charge in [0.25, 0.3) is 0 Å². The van der Waals surface area contributed by atoms with E-state index in [2.05, 4.69) is 50.7 Å². The first kappa shape index (κ1) is 30.9. The maximum atomic E-state index is 14.0. The number of hydrogen-bond donors (Lipinski definition) is 2. The van der Waals surface area contributed by atoms with Gasteiger partial charge in [-0.05, 0) is 86.8 Å². The van der Waals surface area contributed by atoms with Gasteiger partial charge in [0.1, 0.15) is 11.7 Å². The molecule has 1 saturated heterocycles. The van der Waals surface area contributed by atoms with Crippen LogP contribution in [0.3, 0.4) is 0 Å². The maximum Gasteiger partial charge on any atom is 0.315 e. The Labute approximate surface area is 257 Å². The molecule has 3 saturated carbocycles. The number of ether oxygens (including phenoxy) is 1. The number of fused-ring (bicyclic) bond motifs is 2. The van der Waals surface area contributed by atoms with Crippen molar-refractivity contribution in [2.45, 2.75) is 104 Å². The Balaban J connectivity index is 1.37. The van der Waals surface area contributed by atoms with Crippen molar-refractivity contribution >= 4 is 12.3 Å². The molecule has 0 spiro atoms. The number of unbranched alkanes of at least 4 members (excludes halogenated alkanes) is 1. The van der Waals surface area contributed by atoms with Gasteiger partial charge in [-0.1, -0.05) is 64.7 Å². The highest BCUT2D eigenvalue weighted by molar-refractivity contribution is 5.90. The highest BCUT2D eigenvalue weighted by atomic mass is 16.5. The average Bonchev–Trinajstić information content (AvgIpc) is 3.69. The predicted octanol–water partition coefficient (Wildman–Crippen LogP) is 5.89. The van der Waals surface area contributed by atoms with Gasteiger partial charge in [-0.3, -0.25) is 14.7 Å². The Morgan fingerprint density at radius 2 is 2.00 bits per heavy atom. The number of allylic oxidation sites excluding steroid dienone is 1. The number of aldehydes is 1. The molecular formula is C36H52N2O5. The second-order valence-electron chi connectivity index (χ2n) is 15.1. The minimum atomic E-state index is -1.19. The van der Waals surface area contributed by atoms with E-state index in [1.54, 1.807) is 0 Å². The normalized spacial score (nSPS) is 41.2. The lowest BCUT2D eigenvalue weighted by molar-refractivity contribution is -0.197. The van der Waals surface area contributed by atoms with Crippen molar-refractivity contribution in [1.29, 1.82) is 0 Å².